The molecule has 0 radical (unpaired) electrons. The molecule has 1 aliphatic rings. The Morgan fingerprint density at radius 2 is 2.09 bits per heavy atom. The van der Waals surface area contributed by atoms with Crippen molar-refractivity contribution in [2.45, 2.75) is 33.0 Å². The number of anilines is 1. The number of nitrogens with one attached hydrogen (secondary N) is 1. The highest BCUT2D eigenvalue weighted by molar-refractivity contribution is 6.02. The van der Waals surface area contributed by atoms with Gasteiger partial charge in [-0.25, -0.2) is 0 Å². The third-order valence-electron chi connectivity index (χ3n) is 3.25. The molecule has 7 nitrogen and oxygen atoms in total. The van der Waals surface area contributed by atoms with Crippen LogP contribution >= 0.6 is 0 Å². The topological polar surface area (TPSA) is 86.1 Å². The third kappa shape index (κ3) is 2.77. The van der Waals surface area contributed by atoms with E-state index in [4.69, 9.17) is 4.74 Å². The van der Waals surface area contributed by atoms with Gasteiger partial charge in [0.2, 0.25) is 5.95 Å². The van der Waals surface area contributed by atoms with Crippen LogP contribution in [0.1, 0.15) is 31.4 Å². The van der Waals surface area contributed by atoms with E-state index in [1.165, 1.54) is 0 Å². The summed E-state index contributed by atoms with van der Waals surface area (Å²) in [5.41, 5.74) is 0. The summed E-state index contributed by atoms with van der Waals surface area (Å²) in [4.78, 5) is 27.6. The smallest absolute Gasteiger partial charge is 0.453 e. The molecule has 0 saturated heterocycles. The van der Waals surface area contributed by atoms with E-state index >= 15 is 0 Å². The van der Waals surface area contributed by atoms with Gasteiger partial charge in [-0.3, -0.25) is 9.59 Å². The highest BCUT2D eigenvalue weighted by Gasteiger charge is 2.46. The molecule has 0 saturated carbocycles. The lowest BCUT2D eigenvalue weighted by atomic mass is 9.88. The molecule has 1 aliphatic heterocycles. The number of carbonyl (C=O) groups is 2. The van der Waals surface area contributed by atoms with Gasteiger partial charge in [-0.2, -0.15) is 22.8 Å². The SMILES string of the molecule is CCOC(=O)C1C(=O)n2nc(C(F)(F)F)nc2NC1C(C)C. The normalized spacial score (nSPS) is 21.5. The van der Waals surface area contributed by atoms with Gasteiger partial charge in [-0.1, -0.05) is 13.8 Å². The number of halogens is 3. The van der Waals surface area contributed by atoms with Gasteiger partial charge in [0, 0.05) is 0 Å². The molecule has 1 aromatic rings. The van der Waals surface area contributed by atoms with E-state index in [0.717, 1.165) is 0 Å². The zero-order valence-corrected chi connectivity index (χ0v) is 12.1. The van der Waals surface area contributed by atoms with Crippen molar-refractivity contribution in [3.05, 3.63) is 5.82 Å². The summed E-state index contributed by atoms with van der Waals surface area (Å²) in [5.74, 6) is -4.91. The van der Waals surface area contributed by atoms with Crippen molar-refractivity contribution < 1.29 is 27.5 Å². The van der Waals surface area contributed by atoms with Crippen LogP contribution in [0.25, 0.3) is 0 Å². The minimum atomic E-state index is -4.78. The average molecular weight is 320 g/mol. The van der Waals surface area contributed by atoms with Gasteiger partial charge in [0.05, 0.1) is 12.6 Å². The van der Waals surface area contributed by atoms with E-state index in [1.54, 1.807) is 20.8 Å². The van der Waals surface area contributed by atoms with Crippen molar-refractivity contribution in [1.29, 1.82) is 0 Å². The van der Waals surface area contributed by atoms with E-state index in [1.807, 2.05) is 0 Å². The van der Waals surface area contributed by atoms with Crippen LogP contribution in [-0.4, -0.2) is 39.3 Å². The maximum Gasteiger partial charge on any atom is 0.453 e. The molecule has 22 heavy (non-hydrogen) atoms. The first-order valence-corrected chi connectivity index (χ1v) is 6.68. The second-order valence-electron chi connectivity index (χ2n) is 5.15. The minimum Gasteiger partial charge on any atom is -0.465 e. The number of hydrogen-bond acceptors (Lipinski definition) is 6. The maximum atomic E-state index is 12.7. The van der Waals surface area contributed by atoms with Crippen molar-refractivity contribution in [3.8, 4) is 0 Å². The zero-order valence-electron chi connectivity index (χ0n) is 12.1. The molecule has 0 bridgehead atoms. The molecule has 2 atom stereocenters. The fourth-order valence-electron chi connectivity index (χ4n) is 2.23. The summed E-state index contributed by atoms with van der Waals surface area (Å²) in [6.07, 6.45) is -4.78. The van der Waals surface area contributed by atoms with Crippen molar-refractivity contribution in [3.63, 3.8) is 0 Å². The number of fused-ring (bicyclic) bond motifs is 1. The average Bonchev–Trinajstić information content (AvgIpc) is 2.82. The Hall–Kier alpha value is -2.13. The number of esters is 1. The summed E-state index contributed by atoms with van der Waals surface area (Å²) < 4.78 is 43.3. The van der Waals surface area contributed by atoms with E-state index in [0.29, 0.717) is 4.68 Å². The first-order chi connectivity index (χ1) is 10.2. The maximum absolute atomic E-state index is 12.7. The number of nitrogens with zero attached hydrogens (tertiary/aromatic N) is 3. The van der Waals surface area contributed by atoms with Crippen molar-refractivity contribution in [2.75, 3.05) is 11.9 Å². The lowest BCUT2D eigenvalue weighted by Crippen LogP contribution is -2.50. The lowest BCUT2D eigenvalue weighted by molar-refractivity contribution is -0.147. The van der Waals surface area contributed by atoms with E-state index in [9.17, 15) is 22.8 Å². The second-order valence-corrected chi connectivity index (χ2v) is 5.15. The van der Waals surface area contributed by atoms with Crippen LogP contribution in [0.2, 0.25) is 0 Å². The number of alkyl halides is 3. The van der Waals surface area contributed by atoms with Crippen molar-refractivity contribution >= 4 is 17.8 Å². The summed E-state index contributed by atoms with van der Waals surface area (Å²) in [6.45, 7) is 5.10. The first kappa shape index (κ1) is 16.2. The first-order valence-electron chi connectivity index (χ1n) is 6.68. The Morgan fingerprint density at radius 3 is 2.59 bits per heavy atom. The third-order valence-corrected chi connectivity index (χ3v) is 3.25. The number of aromatic nitrogens is 3. The van der Waals surface area contributed by atoms with Crippen LogP contribution in [0.5, 0.6) is 0 Å². The molecule has 122 valence electrons. The Bertz CT molecular complexity index is 597. The molecule has 0 aliphatic carbocycles. The zero-order chi connectivity index (χ0) is 16.7. The number of ether oxygens (including phenoxy) is 1. The van der Waals surface area contributed by atoms with Gasteiger partial charge in [-0.15, -0.1) is 5.10 Å². The molecule has 1 N–H and O–H groups in total. The summed E-state index contributed by atoms with van der Waals surface area (Å²) >= 11 is 0. The van der Waals surface area contributed by atoms with Gasteiger partial charge in [0.25, 0.3) is 11.7 Å². The molecule has 2 rings (SSSR count). The molecule has 2 heterocycles. The predicted octanol–water partition coefficient (Wildman–Crippen LogP) is 1.57. The van der Waals surface area contributed by atoms with Crippen LogP contribution in [-0.2, 0) is 15.7 Å². The van der Waals surface area contributed by atoms with Crippen LogP contribution in [0.3, 0.4) is 0 Å². The summed E-state index contributed by atoms with van der Waals surface area (Å²) in [7, 11) is 0. The number of hydrogen-bond donors (Lipinski definition) is 1. The number of carbonyl (C=O) groups excluding carboxylic acids is 2. The lowest BCUT2D eigenvalue weighted by Gasteiger charge is -2.32. The Balaban J connectivity index is 2.44. The minimum absolute atomic E-state index is 0.0610. The van der Waals surface area contributed by atoms with Crippen LogP contribution in [0, 0.1) is 11.8 Å². The number of rotatable bonds is 3. The molecular formula is C12H15F3N4O3. The van der Waals surface area contributed by atoms with Gasteiger partial charge in [0.15, 0.2) is 5.92 Å². The van der Waals surface area contributed by atoms with Gasteiger partial charge >= 0.3 is 12.1 Å². The van der Waals surface area contributed by atoms with Gasteiger partial charge in [-0.05, 0) is 12.8 Å². The Labute approximate surface area is 123 Å². The predicted molar refractivity (Wildman–Crippen MR) is 68.0 cm³/mol. The standard InChI is InChI=1S/C12H15F3N4O3/c1-4-22-9(21)6-7(5(2)3)16-11-17-10(12(13,14)15)18-19(11)8(6)20/h5-7H,4H2,1-3H3,(H,16,17,18). The second kappa shape index (κ2) is 5.58. The molecule has 0 aromatic carbocycles. The van der Waals surface area contributed by atoms with E-state index in [2.05, 4.69) is 15.4 Å². The molecule has 1 aromatic heterocycles. The quantitative estimate of drug-likeness (QED) is 0.672. The monoisotopic (exact) mass is 320 g/mol. The van der Waals surface area contributed by atoms with Gasteiger partial charge in [0.1, 0.15) is 0 Å². The van der Waals surface area contributed by atoms with E-state index < -0.39 is 35.8 Å². The van der Waals surface area contributed by atoms with E-state index in [-0.39, 0.29) is 18.5 Å². The van der Waals surface area contributed by atoms with Crippen LogP contribution < -0.4 is 5.32 Å². The Kier molecular flexibility index (Phi) is 4.12. The molecule has 10 heteroatoms. The largest absolute Gasteiger partial charge is 0.465 e. The molecule has 0 fully saturated rings. The van der Waals surface area contributed by atoms with Crippen molar-refractivity contribution in [1.82, 2.24) is 14.8 Å². The molecule has 2 unspecified atom stereocenters. The highest BCUT2D eigenvalue weighted by atomic mass is 19.4. The summed E-state index contributed by atoms with van der Waals surface area (Å²) in [5, 5.41) is 5.83. The molecular weight excluding hydrogens is 305 g/mol. The van der Waals surface area contributed by atoms with Crippen LogP contribution in [0.15, 0.2) is 0 Å². The van der Waals surface area contributed by atoms with Crippen LogP contribution in [0.4, 0.5) is 19.1 Å². The molecule has 0 amide bonds. The summed E-state index contributed by atoms with van der Waals surface area (Å²) in [6, 6.07) is -0.718. The Morgan fingerprint density at radius 1 is 1.45 bits per heavy atom. The van der Waals surface area contributed by atoms with Gasteiger partial charge < -0.3 is 10.1 Å². The fraction of sp³-hybridized carbons (Fsp3) is 0.667. The molecule has 0 spiro atoms. The fourth-order valence-corrected chi connectivity index (χ4v) is 2.23. The highest BCUT2D eigenvalue weighted by Crippen LogP contribution is 2.31. The van der Waals surface area contributed by atoms with Crippen molar-refractivity contribution in [2.24, 2.45) is 11.8 Å².